The normalized spacial score (nSPS) is 10.2. The van der Waals surface area contributed by atoms with Gasteiger partial charge in [0, 0.05) is 20.1 Å². The lowest BCUT2D eigenvalue weighted by Gasteiger charge is -2.24. The Morgan fingerprint density at radius 1 is 1.28 bits per heavy atom. The molecule has 0 fully saturated rings. The van der Waals surface area contributed by atoms with Gasteiger partial charge in [-0.15, -0.1) is 0 Å². The number of hydrogen-bond donors (Lipinski definition) is 1. The number of nitro groups is 1. The minimum atomic E-state index is -0.306. The monoisotopic (exact) mass is 251 g/mol. The summed E-state index contributed by atoms with van der Waals surface area (Å²) in [5, 5.41) is 14.1. The molecule has 0 aliphatic rings. The van der Waals surface area contributed by atoms with Gasteiger partial charge in [-0.1, -0.05) is 19.9 Å². The van der Waals surface area contributed by atoms with Crippen LogP contribution in [0.3, 0.4) is 0 Å². The summed E-state index contributed by atoms with van der Waals surface area (Å²) in [6.45, 7) is 5.83. The summed E-state index contributed by atoms with van der Waals surface area (Å²) >= 11 is 0. The topological polar surface area (TPSA) is 58.4 Å². The zero-order valence-electron chi connectivity index (χ0n) is 11.3. The van der Waals surface area contributed by atoms with Crippen molar-refractivity contribution in [2.45, 2.75) is 26.7 Å². The van der Waals surface area contributed by atoms with Crippen LogP contribution in [-0.4, -0.2) is 25.1 Å². The first-order valence-corrected chi connectivity index (χ1v) is 6.35. The molecule has 0 unspecified atom stereocenters. The van der Waals surface area contributed by atoms with Gasteiger partial charge in [-0.2, -0.15) is 0 Å². The molecular formula is C13H21N3O2. The van der Waals surface area contributed by atoms with E-state index in [2.05, 4.69) is 24.1 Å². The third-order valence-corrected chi connectivity index (χ3v) is 2.79. The van der Waals surface area contributed by atoms with Crippen LogP contribution in [0.4, 0.5) is 17.1 Å². The molecule has 1 N–H and O–H groups in total. The van der Waals surface area contributed by atoms with Crippen LogP contribution in [0.15, 0.2) is 18.2 Å². The predicted octanol–water partition coefficient (Wildman–Crippen LogP) is 3.26. The zero-order chi connectivity index (χ0) is 13.5. The van der Waals surface area contributed by atoms with Crippen LogP contribution in [0, 0.1) is 10.1 Å². The summed E-state index contributed by atoms with van der Waals surface area (Å²) in [4.78, 5) is 13.0. The van der Waals surface area contributed by atoms with E-state index in [0.717, 1.165) is 25.9 Å². The van der Waals surface area contributed by atoms with Crippen molar-refractivity contribution in [1.82, 2.24) is 0 Å². The molecule has 0 atom stereocenters. The van der Waals surface area contributed by atoms with Crippen LogP contribution in [0.1, 0.15) is 26.7 Å². The third-order valence-electron chi connectivity index (χ3n) is 2.79. The van der Waals surface area contributed by atoms with Gasteiger partial charge in [0.2, 0.25) is 0 Å². The van der Waals surface area contributed by atoms with Crippen molar-refractivity contribution in [2.75, 3.05) is 30.4 Å². The van der Waals surface area contributed by atoms with Gasteiger partial charge < -0.3 is 10.2 Å². The Morgan fingerprint density at radius 2 is 1.89 bits per heavy atom. The predicted molar refractivity (Wildman–Crippen MR) is 75.4 cm³/mol. The van der Waals surface area contributed by atoms with Gasteiger partial charge in [0.25, 0.3) is 0 Å². The highest BCUT2D eigenvalue weighted by Crippen LogP contribution is 2.35. The Morgan fingerprint density at radius 3 is 2.33 bits per heavy atom. The zero-order valence-corrected chi connectivity index (χ0v) is 11.3. The van der Waals surface area contributed by atoms with E-state index in [1.807, 2.05) is 12.1 Å². The Bertz CT molecular complexity index is 401. The standard InChI is InChI=1S/C13H21N3O2/c1-4-9-15(10-5-2)12-8-6-7-11(14-3)13(12)16(17)18/h6-8,14H,4-5,9-10H2,1-3H3. The van der Waals surface area contributed by atoms with Crippen LogP contribution in [0.5, 0.6) is 0 Å². The highest BCUT2D eigenvalue weighted by molar-refractivity contribution is 5.76. The molecule has 0 saturated carbocycles. The number of nitrogens with one attached hydrogen (secondary N) is 1. The van der Waals surface area contributed by atoms with E-state index in [4.69, 9.17) is 0 Å². The van der Waals surface area contributed by atoms with E-state index >= 15 is 0 Å². The minimum absolute atomic E-state index is 0.168. The SMILES string of the molecule is CCCN(CCC)c1cccc(NC)c1[N+](=O)[O-]. The van der Waals surface area contributed by atoms with E-state index in [1.165, 1.54) is 0 Å². The lowest BCUT2D eigenvalue weighted by Crippen LogP contribution is -2.25. The Hall–Kier alpha value is -1.78. The van der Waals surface area contributed by atoms with Crippen molar-refractivity contribution in [2.24, 2.45) is 0 Å². The van der Waals surface area contributed by atoms with Crippen LogP contribution < -0.4 is 10.2 Å². The maximum absolute atomic E-state index is 11.3. The fraction of sp³-hybridized carbons (Fsp3) is 0.538. The van der Waals surface area contributed by atoms with E-state index < -0.39 is 0 Å². The van der Waals surface area contributed by atoms with Crippen molar-refractivity contribution in [1.29, 1.82) is 0 Å². The molecule has 1 rings (SSSR count). The highest BCUT2D eigenvalue weighted by Gasteiger charge is 2.22. The molecule has 1 aromatic carbocycles. The first-order chi connectivity index (χ1) is 8.65. The van der Waals surface area contributed by atoms with E-state index in [-0.39, 0.29) is 10.6 Å². The fourth-order valence-electron chi connectivity index (χ4n) is 2.07. The van der Waals surface area contributed by atoms with Gasteiger partial charge in [-0.05, 0) is 25.0 Å². The maximum atomic E-state index is 11.3. The molecule has 5 heteroatoms. The van der Waals surface area contributed by atoms with Gasteiger partial charge in [-0.25, -0.2) is 0 Å². The van der Waals surface area contributed by atoms with Gasteiger partial charge in [0.15, 0.2) is 0 Å². The smallest absolute Gasteiger partial charge is 0.315 e. The van der Waals surface area contributed by atoms with Crippen molar-refractivity contribution < 1.29 is 4.92 Å². The number of rotatable bonds is 7. The molecule has 100 valence electrons. The third kappa shape index (κ3) is 3.12. The molecule has 0 aromatic heterocycles. The summed E-state index contributed by atoms with van der Waals surface area (Å²) in [6, 6.07) is 5.41. The molecular weight excluding hydrogens is 230 g/mol. The summed E-state index contributed by atoms with van der Waals surface area (Å²) < 4.78 is 0. The molecule has 18 heavy (non-hydrogen) atoms. The van der Waals surface area contributed by atoms with Crippen LogP contribution in [0.25, 0.3) is 0 Å². The first kappa shape index (κ1) is 14.3. The molecule has 0 bridgehead atoms. The second-order valence-corrected chi connectivity index (χ2v) is 4.17. The van der Waals surface area contributed by atoms with Crippen molar-refractivity contribution >= 4 is 17.1 Å². The molecule has 0 aliphatic carbocycles. The fourth-order valence-corrected chi connectivity index (χ4v) is 2.07. The Labute approximate surface area is 108 Å². The number of nitro benzene ring substituents is 1. The maximum Gasteiger partial charge on any atom is 0.315 e. The van der Waals surface area contributed by atoms with Gasteiger partial charge in [0.05, 0.1) is 4.92 Å². The molecule has 0 aliphatic heterocycles. The number of para-hydroxylation sites is 1. The van der Waals surface area contributed by atoms with Crippen LogP contribution in [-0.2, 0) is 0 Å². The van der Waals surface area contributed by atoms with Crippen molar-refractivity contribution in [3.63, 3.8) is 0 Å². The molecule has 0 heterocycles. The Kier molecular flexibility index (Phi) is 5.42. The number of nitrogens with zero attached hydrogens (tertiary/aromatic N) is 2. The quantitative estimate of drug-likeness (QED) is 0.597. The Balaban J connectivity index is 3.23. The molecule has 0 spiro atoms. The lowest BCUT2D eigenvalue weighted by molar-refractivity contribution is -0.383. The average Bonchev–Trinajstić information content (AvgIpc) is 2.37. The lowest BCUT2D eigenvalue weighted by atomic mass is 10.2. The summed E-state index contributed by atoms with van der Waals surface area (Å²) in [5.41, 5.74) is 1.44. The van der Waals surface area contributed by atoms with E-state index in [1.54, 1.807) is 13.1 Å². The number of anilines is 2. The van der Waals surface area contributed by atoms with Crippen molar-refractivity contribution in [3.8, 4) is 0 Å². The summed E-state index contributed by atoms with van der Waals surface area (Å²) in [7, 11) is 1.70. The number of benzene rings is 1. The van der Waals surface area contributed by atoms with Gasteiger partial charge >= 0.3 is 5.69 Å². The highest BCUT2D eigenvalue weighted by atomic mass is 16.6. The second kappa shape index (κ2) is 6.83. The molecule has 0 saturated heterocycles. The average molecular weight is 251 g/mol. The minimum Gasteiger partial charge on any atom is -0.382 e. The van der Waals surface area contributed by atoms with Gasteiger partial charge in [0.1, 0.15) is 11.4 Å². The van der Waals surface area contributed by atoms with Crippen LogP contribution >= 0.6 is 0 Å². The largest absolute Gasteiger partial charge is 0.382 e. The molecule has 0 amide bonds. The number of hydrogen-bond acceptors (Lipinski definition) is 4. The van der Waals surface area contributed by atoms with E-state index in [9.17, 15) is 10.1 Å². The molecule has 5 nitrogen and oxygen atoms in total. The van der Waals surface area contributed by atoms with Crippen LogP contribution in [0.2, 0.25) is 0 Å². The second-order valence-electron chi connectivity index (χ2n) is 4.17. The summed E-state index contributed by atoms with van der Waals surface area (Å²) in [6.07, 6.45) is 1.95. The summed E-state index contributed by atoms with van der Waals surface area (Å²) in [5.74, 6) is 0. The van der Waals surface area contributed by atoms with Crippen molar-refractivity contribution in [3.05, 3.63) is 28.3 Å². The van der Waals surface area contributed by atoms with Gasteiger partial charge in [-0.3, -0.25) is 10.1 Å². The first-order valence-electron chi connectivity index (χ1n) is 6.35. The van der Waals surface area contributed by atoms with E-state index in [0.29, 0.717) is 11.4 Å². The molecule has 1 aromatic rings. The molecule has 0 radical (unpaired) electrons.